The molecule has 0 amide bonds. The maximum Gasteiger partial charge on any atom is 0.128 e. The van der Waals surface area contributed by atoms with E-state index in [4.69, 9.17) is 16.3 Å². The predicted molar refractivity (Wildman–Crippen MR) is 71.7 cm³/mol. The normalized spacial score (nSPS) is 21.8. The Bertz CT molecular complexity index is 391. The van der Waals surface area contributed by atoms with Gasteiger partial charge < -0.3 is 10.5 Å². The van der Waals surface area contributed by atoms with Crippen molar-refractivity contribution in [1.29, 1.82) is 0 Å². The molecule has 18 heavy (non-hydrogen) atoms. The SMILES string of the molecule is Cc1cnc(N)c(C(CC2CCCCO2)NN)c1. The van der Waals surface area contributed by atoms with Crippen LogP contribution in [0.15, 0.2) is 12.3 Å². The molecule has 0 aromatic carbocycles. The fraction of sp³-hybridized carbons (Fsp3) is 0.615. The molecule has 1 aromatic rings. The number of hydrazine groups is 1. The summed E-state index contributed by atoms with van der Waals surface area (Å²) in [7, 11) is 0. The van der Waals surface area contributed by atoms with Gasteiger partial charge in [-0.3, -0.25) is 11.3 Å². The molecule has 0 radical (unpaired) electrons. The number of nitrogens with zero attached hydrogens (tertiary/aromatic N) is 1. The van der Waals surface area contributed by atoms with Gasteiger partial charge >= 0.3 is 0 Å². The Labute approximate surface area is 108 Å². The number of nitrogen functional groups attached to an aromatic ring is 1. The number of ether oxygens (including phenoxy) is 1. The summed E-state index contributed by atoms with van der Waals surface area (Å²) in [4.78, 5) is 4.18. The number of hydrogen-bond acceptors (Lipinski definition) is 5. The molecule has 1 aliphatic rings. The topological polar surface area (TPSA) is 86.2 Å². The molecule has 1 aliphatic heterocycles. The highest BCUT2D eigenvalue weighted by Crippen LogP contribution is 2.27. The Hall–Kier alpha value is -1.17. The van der Waals surface area contributed by atoms with Gasteiger partial charge in [-0.1, -0.05) is 0 Å². The molecule has 0 bridgehead atoms. The molecular formula is C13H22N4O. The van der Waals surface area contributed by atoms with E-state index in [1.165, 1.54) is 6.42 Å². The fourth-order valence-electron chi connectivity index (χ4n) is 2.42. The molecule has 0 saturated carbocycles. The molecule has 2 atom stereocenters. The van der Waals surface area contributed by atoms with Gasteiger partial charge in [-0.2, -0.15) is 0 Å². The summed E-state index contributed by atoms with van der Waals surface area (Å²) >= 11 is 0. The van der Waals surface area contributed by atoms with E-state index in [0.29, 0.717) is 5.82 Å². The van der Waals surface area contributed by atoms with Gasteiger partial charge in [0.2, 0.25) is 0 Å². The van der Waals surface area contributed by atoms with Gasteiger partial charge in [0.15, 0.2) is 0 Å². The van der Waals surface area contributed by atoms with Crippen LogP contribution in [0.2, 0.25) is 0 Å². The first-order chi connectivity index (χ1) is 8.70. The molecule has 0 spiro atoms. The number of aryl methyl sites for hydroxylation is 1. The van der Waals surface area contributed by atoms with E-state index in [1.54, 1.807) is 6.20 Å². The molecule has 2 heterocycles. The lowest BCUT2D eigenvalue weighted by Gasteiger charge is -2.27. The second kappa shape index (κ2) is 6.13. The smallest absolute Gasteiger partial charge is 0.128 e. The number of pyridine rings is 1. The zero-order valence-electron chi connectivity index (χ0n) is 10.9. The zero-order valence-corrected chi connectivity index (χ0v) is 10.9. The van der Waals surface area contributed by atoms with Crippen molar-refractivity contribution < 1.29 is 4.74 Å². The van der Waals surface area contributed by atoms with E-state index >= 15 is 0 Å². The van der Waals surface area contributed by atoms with Crippen molar-refractivity contribution in [1.82, 2.24) is 10.4 Å². The van der Waals surface area contributed by atoms with Gasteiger partial charge in [-0.25, -0.2) is 4.98 Å². The van der Waals surface area contributed by atoms with Gasteiger partial charge in [-0.15, -0.1) is 0 Å². The first kappa shape index (κ1) is 13.3. The molecular weight excluding hydrogens is 228 g/mol. The van der Waals surface area contributed by atoms with Crippen LogP contribution in [0.1, 0.15) is 42.9 Å². The number of nitrogens with one attached hydrogen (secondary N) is 1. The van der Waals surface area contributed by atoms with Crippen LogP contribution < -0.4 is 17.0 Å². The second-order valence-corrected chi connectivity index (χ2v) is 4.93. The molecule has 0 aliphatic carbocycles. The average Bonchev–Trinajstić information content (AvgIpc) is 2.40. The van der Waals surface area contributed by atoms with Crippen molar-refractivity contribution in [3.8, 4) is 0 Å². The van der Waals surface area contributed by atoms with Crippen LogP contribution in [-0.4, -0.2) is 17.7 Å². The van der Waals surface area contributed by atoms with E-state index in [2.05, 4.69) is 10.4 Å². The molecule has 5 N–H and O–H groups in total. The molecule has 100 valence electrons. The Kier molecular flexibility index (Phi) is 4.52. The predicted octanol–water partition coefficient (Wildman–Crippen LogP) is 1.44. The number of anilines is 1. The third kappa shape index (κ3) is 3.19. The Balaban J connectivity index is 2.09. The Morgan fingerprint density at radius 1 is 1.56 bits per heavy atom. The quantitative estimate of drug-likeness (QED) is 0.556. The van der Waals surface area contributed by atoms with E-state index in [1.807, 2.05) is 13.0 Å². The van der Waals surface area contributed by atoms with E-state index in [0.717, 1.165) is 37.0 Å². The summed E-state index contributed by atoms with van der Waals surface area (Å²) in [5, 5.41) is 0. The van der Waals surface area contributed by atoms with Crippen LogP contribution in [0, 0.1) is 6.92 Å². The third-order valence-corrected chi connectivity index (χ3v) is 3.44. The molecule has 2 unspecified atom stereocenters. The lowest BCUT2D eigenvalue weighted by molar-refractivity contribution is 0.00505. The van der Waals surface area contributed by atoms with Crippen LogP contribution in [0.4, 0.5) is 5.82 Å². The lowest BCUT2D eigenvalue weighted by Crippen LogP contribution is -2.33. The minimum atomic E-state index is 0.000463. The van der Waals surface area contributed by atoms with Crippen LogP contribution in [-0.2, 0) is 4.74 Å². The molecule has 1 saturated heterocycles. The van der Waals surface area contributed by atoms with Crippen molar-refractivity contribution in [3.05, 3.63) is 23.4 Å². The minimum Gasteiger partial charge on any atom is -0.383 e. The first-order valence-electron chi connectivity index (χ1n) is 6.50. The highest BCUT2D eigenvalue weighted by atomic mass is 16.5. The third-order valence-electron chi connectivity index (χ3n) is 3.44. The van der Waals surface area contributed by atoms with E-state index in [9.17, 15) is 0 Å². The minimum absolute atomic E-state index is 0.000463. The Morgan fingerprint density at radius 3 is 3.06 bits per heavy atom. The van der Waals surface area contributed by atoms with Gasteiger partial charge in [-0.05, 0) is 44.2 Å². The van der Waals surface area contributed by atoms with Crippen molar-refractivity contribution in [2.45, 2.75) is 44.8 Å². The standard InChI is InChI=1S/C13H22N4O/c1-9-6-11(13(14)16-8-9)12(17-15)7-10-4-2-3-5-18-10/h6,8,10,12,17H,2-5,7,15H2,1H3,(H2,14,16). The number of hydrogen-bond donors (Lipinski definition) is 3. The maximum absolute atomic E-state index is 5.92. The largest absolute Gasteiger partial charge is 0.383 e. The molecule has 5 heteroatoms. The van der Waals surface area contributed by atoms with Gasteiger partial charge in [0.05, 0.1) is 12.1 Å². The summed E-state index contributed by atoms with van der Waals surface area (Å²) in [5.74, 6) is 6.19. The maximum atomic E-state index is 5.92. The monoisotopic (exact) mass is 250 g/mol. The summed E-state index contributed by atoms with van der Waals surface area (Å²) in [6.07, 6.45) is 6.35. The second-order valence-electron chi connectivity index (χ2n) is 4.93. The lowest BCUT2D eigenvalue weighted by atomic mass is 9.97. The first-order valence-corrected chi connectivity index (χ1v) is 6.50. The number of aromatic nitrogens is 1. The van der Waals surface area contributed by atoms with Crippen LogP contribution in [0.25, 0.3) is 0 Å². The van der Waals surface area contributed by atoms with Crippen LogP contribution >= 0.6 is 0 Å². The summed E-state index contributed by atoms with van der Waals surface area (Å²) in [6.45, 7) is 2.85. The van der Waals surface area contributed by atoms with Gasteiger partial charge in [0, 0.05) is 18.4 Å². The summed E-state index contributed by atoms with van der Waals surface area (Å²) in [6, 6.07) is 2.04. The van der Waals surface area contributed by atoms with Crippen molar-refractivity contribution in [2.24, 2.45) is 5.84 Å². The number of nitrogens with two attached hydrogens (primary N) is 2. The van der Waals surface area contributed by atoms with Gasteiger partial charge in [0.25, 0.3) is 0 Å². The van der Waals surface area contributed by atoms with Crippen LogP contribution in [0.3, 0.4) is 0 Å². The van der Waals surface area contributed by atoms with Crippen molar-refractivity contribution in [3.63, 3.8) is 0 Å². The highest BCUT2D eigenvalue weighted by molar-refractivity contribution is 5.42. The van der Waals surface area contributed by atoms with Crippen molar-refractivity contribution in [2.75, 3.05) is 12.3 Å². The zero-order chi connectivity index (χ0) is 13.0. The van der Waals surface area contributed by atoms with E-state index < -0.39 is 0 Å². The van der Waals surface area contributed by atoms with Crippen LogP contribution in [0.5, 0.6) is 0 Å². The molecule has 1 fully saturated rings. The van der Waals surface area contributed by atoms with Gasteiger partial charge in [0.1, 0.15) is 5.82 Å². The molecule has 1 aromatic heterocycles. The fourth-order valence-corrected chi connectivity index (χ4v) is 2.42. The molecule has 2 rings (SSSR count). The Morgan fingerprint density at radius 2 is 2.39 bits per heavy atom. The van der Waals surface area contributed by atoms with E-state index in [-0.39, 0.29) is 12.1 Å². The number of rotatable bonds is 4. The summed E-state index contributed by atoms with van der Waals surface area (Å²) < 4.78 is 5.75. The van der Waals surface area contributed by atoms with Crippen molar-refractivity contribution >= 4 is 5.82 Å². The molecule has 5 nitrogen and oxygen atoms in total. The highest BCUT2D eigenvalue weighted by Gasteiger charge is 2.21. The summed E-state index contributed by atoms with van der Waals surface area (Å²) in [5.41, 5.74) is 10.8. The average molecular weight is 250 g/mol.